The Morgan fingerprint density at radius 1 is 1.19 bits per heavy atom. The van der Waals surface area contributed by atoms with Crippen molar-refractivity contribution in [2.24, 2.45) is 0 Å². The van der Waals surface area contributed by atoms with Gasteiger partial charge < -0.3 is 0 Å². The first-order valence-electron chi connectivity index (χ1n) is 5.79. The highest BCUT2D eigenvalue weighted by Gasteiger charge is 2.26. The van der Waals surface area contributed by atoms with Crippen LogP contribution in [0, 0.1) is 6.92 Å². The highest BCUT2D eigenvalue weighted by Crippen LogP contribution is 2.23. The van der Waals surface area contributed by atoms with Crippen LogP contribution in [0.4, 0.5) is 0 Å². The summed E-state index contributed by atoms with van der Waals surface area (Å²) in [6.07, 6.45) is 0. The lowest BCUT2D eigenvalue weighted by molar-refractivity contribution is -0.0579. The Balaban J connectivity index is 0.000000509. The summed E-state index contributed by atoms with van der Waals surface area (Å²) in [4.78, 5) is 11.2. The Hall–Kier alpha value is -1.35. The van der Waals surface area contributed by atoms with Crippen LogP contribution >= 0.6 is 0 Å². The zero-order valence-electron chi connectivity index (χ0n) is 10.7. The lowest BCUT2D eigenvalue weighted by Gasteiger charge is -2.02. The van der Waals surface area contributed by atoms with E-state index in [0.717, 1.165) is 16.2 Å². The van der Waals surface area contributed by atoms with Crippen LogP contribution in [0.1, 0.15) is 49.2 Å². The smallest absolute Gasteiger partial charge is 0.277 e. The second-order valence-corrected chi connectivity index (χ2v) is 2.96. The first-order chi connectivity index (χ1) is 7.70. The number of hydrogen-bond acceptors (Lipinski definition) is 2. The fourth-order valence-corrected chi connectivity index (χ4v) is 1.47. The van der Waals surface area contributed by atoms with Crippen LogP contribution in [-0.2, 0) is 6.54 Å². The van der Waals surface area contributed by atoms with Crippen LogP contribution < -0.4 is 0 Å². The summed E-state index contributed by atoms with van der Waals surface area (Å²) in [5.41, 5.74) is 2.61. The van der Waals surface area contributed by atoms with Gasteiger partial charge in [-0.25, -0.2) is 5.06 Å². The maximum Gasteiger partial charge on any atom is 0.277 e. The molecule has 0 saturated heterocycles. The second kappa shape index (κ2) is 7.01. The van der Waals surface area contributed by atoms with Crippen molar-refractivity contribution >= 4 is 5.91 Å². The molecule has 1 heterocycles. The minimum Gasteiger partial charge on any atom is -0.285 e. The topological polar surface area (TPSA) is 40.5 Å². The molecule has 1 aliphatic heterocycles. The first-order valence-corrected chi connectivity index (χ1v) is 5.79. The number of hydroxylamine groups is 2. The van der Waals surface area contributed by atoms with E-state index in [1.807, 2.05) is 46.8 Å². The monoisotopic (exact) mass is 223 g/mol. The molecule has 0 saturated carbocycles. The molecule has 3 heteroatoms. The van der Waals surface area contributed by atoms with E-state index in [4.69, 9.17) is 5.21 Å². The van der Waals surface area contributed by atoms with E-state index in [2.05, 4.69) is 0 Å². The van der Waals surface area contributed by atoms with E-state index in [1.165, 1.54) is 0 Å². The predicted molar refractivity (Wildman–Crippen MR) is 65.5 cm³/mol. The van der Waals surface area contributed by atoms with Crippen molar-refractivity contribution in [1.29, 1.82) is 0 Å². The molecule has 16 heavy (non-hydrogen) atoms. The van der Waals surface area contributed by atoms with E-state index in [1.54, 1.807) is 6.07 Å². The quantitative estimate of drug-likeness (QED) is 0.685. The predicted octanol–water partition coefficient (Wildman–Crippen LogP) is 3.39. The SMILES string of the molecule is CC.CC.Cc1cccc2c1CN(O)C2=O. The summed E-state index contributed by atoms with van der Waals surface area (Å²) in [7, 11) is 0. The average Bonchev–Trinajstić information content (AvgIpc) is 2.63. The van der Waals surface area contributed by atoms with Gasteiger partial charge in [0.1, 0.15) is 0 Å². The van der Waals surface area contributed by atoms with Gasteiger partial charge in [-0.1, -0.05) is 39.8 Å². The van der Waals surface area contributed by atoms with Gasteiger partial charge in [0.05, 0.1) is 6.54 Å². The van der Waals surface area contributed by atoms with Gasteiger partial charge in [0.25, 0.3) is 5.91 Å². The Kier molecular flexibility index (Phi) is 6.42. The summed E-state index contributed by atoms with van der Waals surface area (Å²) in [6, 6.07) is 5.50. The van der Waals surface area contributed by atoms with Crippen molar-refractivity contribution in [2.75, 3.05) is 0 Å². The minimum atomic E-state index is -0.297. The average molecular weight is 223 g/mol. The zero-order valence-corrected chi connectivity index (χ0v) is 10.7. The zero-order chi connectivity index (χ0) is 12.7. The Morgan fingerprint density at radius 2 is 1.75 bits per heavy atom. The lowest BCUT2D eigenvalue weighted by Crippen LogP contribution is -2.18. The molecular formula is C13H21NO2. The van der Waals surface area contributed by atoms with Gasteiger partial charge in [-0.05, 0) is 24.1 Å². The van der Waals surface area contributed by atoms with Crippen molar-refractivity contribution in [3.8, 4) is 0 Å². The molecule has 0 fully saturated rings. The van der Waals surface area contributed by atoms with Gasteiger partial charge in [-0.3, -0.25) is 10.0 Å². The normalized spacial score (nSPS) is 12.1. The van der Waals surface area contributed by atoms with Crippen molar-refractivity contribution in [3.63, 3.8) is 0 Å². The van der Waals surface area contributed by atoms with Crippen LogP contribution in [0.3, 0.4) is 0 Å². The van der Waals surface area contributed by atoms with Gasteiger partial charge >= 0.3 is 0 Å². The van der Waals surface area contributed by atoms with Gasteiger partial charge in [0.15, 0.2) is 0 Å². The number of carbonyl (C=O) groups excluding carboxylic acids is 1. The van der Waals surface area contributed by atoms with Gasteiger partial charge in [-0.2, -0.15) is 0 Å². The van der Waals surface area contributed by atoms with Crippen LogP contribution in [0.25, 0.3) is 0 Å². The number of rotatable bonds is 0. The molecule has 0 aliphatic carbocycles. The van der Waals surface area contributed by atoms with Gasteiger partial charge in [0, 0.05) is 5.56 Å². The molecule has 0 spiro atoms. The Bertz CT molecular complexity index is 348. The van der Waals surface area contributed by atoms with Crippen LogP contribution in [0.5, 0.6) is 0 Å². The molecule has 90 valence electrons. The highest BCUT2D eigenvalue weighted by molar-refractivity contribution is 5.97. The van der Waals surface area contributed by atoms with Crippen molar-refractivity contribution in [3.05, 3.63) is 34.9 Å². The summed E-state index contributed by atoms with van der Waals surface area (Å²) in [5.74, 6) is -0.297. The van der Waals surface area contributed by atoms with Crippen molar-refractivity contribution < 1.29 is 10.0 Å². The summed E-state index contributed by atoms with van der Waals surface area (Å²) in [5, 5.41) is 9.88. The fourth-order valence-electron chi connectivity index (χ4n) is 1.47. The molecule has 2 rings (SSSR count). The first kappa shape index (κ1) is 14.6. The number of fused-ring (bicyclic) bond motifs is 1. The van der Waals surface area contributed by atoms with Gasteiger partial charge in [-0.15, -0.1) is 0 Å². The molecule has 1 aromatic rings. The molecule has 1 aliphatic rings. The lowest BCUT2D eigenvalue weighted by atomic mass is 10.1. The molecule has 0 radical (unpaired) electrons. The summed E-state index contributed by atoms with van der Waals surface area (Å²) < 4.78 is 0. The van der Waals surface area contributed by atoms with E-state index >= 15 is 0 Å². The van der Waals surface area contributed by atoms with Crippen LogP contribution in [0.2, 0.25) is 0 Å². The maximum absolute atomic E-state index is 11.2. The highest BCUT2D eigenvalue weighted by atomic mass is 16.5. The van der Waals surface area contributed by atoms with E-state index < -0.39 is 0 Å². The summed E-state index contributed by atoms with van der Waals surface area (Å²) >= 11 is 0. The molecule has 1 N–H and O–H groups in total. The Morgan fingerprint density at radius 3 is 2.25 bits per heavy atom. The third-order valence-corrected chi connectivity index (χ3v) is 2.18. The number of amides is 1. The summed E-state index contributed by atoms with van der Waals surface area (Å²) in [6.45, 7) is 10.3. The largest absolute Gasteiger partial charge is 0.285 e. The van der Waals surface area contributed by atoms with Crippen LogP contribution in [0.15, 0.2) is 18.2 Å². The fraction of sp³-hybridized carbons (Fsp3) is 0.462. The van der Waals surface area contributed by atoms with E-state index in [9.17, 15) is 4.79 Å². The minimum absolute atomic E-state index is 0.297. The molecule has 0 atom stereocenters. The van der Waals surface area contributed by atoms with E-state index in [0.29, 0.717) is 12.1 Å². The maximum atomic E-state index is 11.2. The number of hydrogen-bond donors (Lipinski definition) is 1. The molecule has 0 aromatic heterocycles. The van der Waals surface area contributed by atoms with Gasteiger partial charge in [0.2, 0.25) is 0 Å². The molecule has 0 bridgehead atoms. The van der Waals surface area contributed by atoms with Crippen LogP contribution in [-0.4, -0.2) is 16.2 Å². The van der Waals surface area contributed by atoms with Crippen molar-refractivity contribution in [2.45, 2.75) is 41.2 Å². The molecule has 1 aromatic carbocycles. The molecule has 0 unspecified atom stereocenters. The third kappa shape index (κ3) is 2.83. The molecular weight excluding hydrogens is 202 g/mol. The second-order valence-electron chi connectivity index (χ2n) is 2.96. The molecule has 1 amide bonds. The van der Waals surface area contributed by atoms with Crippen molar-refractivity contribution in [1.82, 2.24) is 5.06 Å². The number of carbonyl (C=O) groups is 1. The van der Waals surface area contributed by atoms with E-state index in [-0.39, 0.29) is 5.91 Å². The Labute approximate surface area is 97.7 Å². The number of benzene rings is 1. The number of nitrogens with zero attached hydrogens (tertiary/aromatic N) is 1. The number of aryl methyl sites for hydroxylation is 1. The standard InChI is InChI=1S/C9H9NO2.2C2H6/c1-6-3-2-4-7-8(6)5-10(12)9(7)11;2*1-2/h2-4,12H,5H2,1H3;2*1-2H3. The third-order valence-electron chi connectivity index (χ3n) is 2.18. The molecule has 3 nitrogen and oxygen atoms in total.